The van der Waals surface area contributed by atoms with Gasteiger partial charge in [0, 0.05) is 12.6 Å². The molecule has 0 spiro atoms. The highest BCUT2D eigenvalue weighted by molar-refractivity contribution is 5.14. The third kappa shape index (κ3) is 3.35. The molecule has 0 heterocycles. The Morgan fingerprint density at radius 1 is 1.20 bits per heavy atom. The van der Waals surface area contributed by atoms with E-state index in [1.165, 1.54) is 31.2 Å². The van der Waals surface area contributed by atoms with Crippen LogP contribution in [0.3, 0.4) is 0 Å². The summed E-state index contributed by atoms with van der Waals surface area (Å²) in [5.41, 5.74) is 1.40. The van der Waals surface area contributed by atoms with Gasteiger partial charge in [0.15, 0.2) is 0 Å². The molecular weight excluding hydrogens is 182 g/mol. The Kier molecular flexibility index (Phi) is 3.79. The lowest BCUT2D eigenvalue weighted by molar-refractivity contribution is 0.300. The highest BCUT2D eigenvalue weighted by Crippen LogP contribution is 2.23. The van der Waals surface area contributed by atoms with Gasteiger partial charge in [0.1, 0.15) is 0 Å². The van der Waals surface area contributed by atoms with Gasteiger partial charge >= 0.3 is 0 Å². The Balaban J connectivity index is 1.78. The van der Waals surface area contributed by atoms with Gasteiger partial charge in [-0.15, -0.1) is 0 Å². The fourth-order valence-electron chi connectivity index (χ4n) is 2.48. The third-order valence-electron chi connectivity index (χ3n) is 3.37. The lowest BCUT2D eigenvalue weighted by Crippen LogP contribution is -2.33. The molecule has 0 radical (unpaired) electrons. The van der Waals surface area contributed by atoms with Gasteiger partial charge < -0.3 is 5.32 Å². The Hall–Kier alpha value is -0.820. The van der Waals surface area contributed by atoms with Crippen molar-refractivity contribution in [3.8, 4) is 0 Å². The average molecular weight is 203 g/mol. The van der Waals surface area contributed by atoms with E-state index in [-0.39, 0.29) is 0 Å². The van der Waals surface area contributed by atoms with Crippen molar-refractivity contribution < 1.29 is 0 Å². The van der Waals surface area contributed by atoms with E-state index >= 15 is 0 Å². The predicted octanol–water partition coefficient (Wildman–Crippen LogP) is 3.35. The molecule has 0 bridgehead atoms. The number of hydrogen-bond acceptors (Lipinski definition) is 1. The quantitative estimate of drug-likeness (QED) is 0.794. The summed E-state index contributed by atoms with van der Waals surface area (Å²) in [5, 5.41) is 3.67. The summed E-state index contributed by atoms with van der Waals surface area (Å²) in [5.74, 6) is 0.909. The number of nitrogens with one attached hydrogen (secondary N) is 1. The van der Waals surface area contributed by atoms with Gasteiger partial charge in [0.25, 0.3) is 0 Å². The zero-order valence-corrected chi connectivity index (χ0v) is 9.58. The van der Waals surface area contributed by atoms with Crippen LogP contribution in [-0.4, -0.2) is 6.04 Å². The Morgan fingerprint density at radius 3 is 2.73 bits per heavy atom. The first-order valence-corrected chi connectivity index (χ1v) is 6.12. The summed E-state index contributed by atoms with van der Waals surface area (Å²) < 4.78 is 0. The third-order valence-corrected chi connectivity index (χ3v) is 3.37. The molecule has 0 saturated heterocycles. The molecule has 1 nitrogen and oxygen atoms in total. The Labute approximate surface area is 92.9 Å². The van der Waals surface area contributed by atoms with E-state index in [4.69, 9.17) is 0 Å². The fourth-order valence-corrected chi connectivity index (χ4v) is 2.48. The first-order valence-electron chi connectivity index (χ1n) is 6.12. The molecule has 1 heteroatoms. The molecule has 0 unspecified atom stereocenters. The van der Waals surface area contributed by atoms with E-state index in [2.05, 4.69) is 42.6 Å². The van der Waals surface area contributed by atoms with Gasteiger partial charge in [-0.05, 0) is 24.3 Å². The predicted molar refractivity (Wildman–Crippen MR) is 64.7 cm³/mol. The van der Waals surface area contributed by atoms with Crippen LogP contribution in [0.1, 0.15) is 38.2 Å². The zero-order chi connectivity index (χ0) is 10.5. The van der Waals surface area contributed by atoms with E-state index in [9.17, 15) is 0 Å². The molecule has 1 aromatic rings. The topological polar surface area (TPSA) is 12.0 Å². The average Bonchev–Trinajstić information content (AvgIpc) is 2.28. The summed E-state index contributed by atoms with van der Waals surface area (Å²) in [6.45, 7) is 3.40. The molecule has 1 fully saturated rings. The zero-order valence-electron chi connectivity index (χ0n) is 9.58. The van der Waals surface area contributed by atoms with Crippen LogP contribution in [0.2, 0.25) is 0 Å². The molecule has 15 heavy (non-hydrogen) atoms. The highest BCUT2D eigenvalue weighted by Gasteiger charge is 2.17. The second-order valence-electron chi connectivity index (χ2n) is 4.84. The molecule has 1 aliphatic rings. The van der Waals surface area contributed by atoms with E-state index in [0.717, 1.165) is 18.5 Å². The minimum absolute atomic E-state index is 0.744. The van der Waals surface area contributed by atoms with Crippen LogP contribution in [0.5, 0.6) is 0 Å². The first kappa shape index (κ1) is 10.7. The number of benzene rings is 1. The minimum atomic E-state index is 0.744. The van der Waals surface area contributed by atoms with E-state index in [0.29, 0.717) is 0 Å². The van der Waals surface area contributed by atoms with Gasteiger partial charge in [-0.25, -0.2) is 0 Å². The van der Waals surface area contributed by atoms with Gasteiger partial charge in [-0.1, -0.05) is 50.1 Å². The van der Waals surface area contributed by atoms with Crippen LogP contribution in [0, 0.1) is 5.92 Å². The maximum atomic E-state index is 3.67. The maximum absolute atomic E-state index is 3.67. The van der Waals surface area contributed by atoms with Gasteiger partial charge in [-0.3, -0.25) is 0 Å². The van der Waals surface area contributed by atoms with Crippen LogP contribution in [-0.2, 0) is 6.54 Å². The lowest BCUT2D eigenvalue weighted by Gasteiger charge is -2.27. The van der Waals surface area contributed by atoms with E-state index < -0.39 is 0 Å². The summed E-state index contributed by atoms with van der Waals surface area (Å²) in [4.78, 5) is 0. The molecule has 0 amide bonds. The van der Waals surface area contributed by atoms with Crippen molar-refractivity contribution >= 4 is 0 Å². The standard InChI is InChI=1S/C14H21N/c1-12-6-5-9-14(10-12)15-11-13-7-3-2-4-8-13/h2-4,7-8,12,14-15H,5-6,9-11H2,1H3/t12-,14-/m0/s1. The smallest absolute Gasteiger partial charge is 0.0208 e. The van der Waals surface area contributed by atoms with E-state index in [1.54, 1.807) is 0 Å². The second kappa shape index (κ2) is 5.32. The van der Waals surface area contributed by atoms with Crippen molar-refractivity contribution in [3.05, 3.63) is 35.9 Å². The first-order chi connectivity index (χ1) is 7.34. The van der Waals surface area contributed by atoms with Crippen molar-refractivity contribution in [2.24, 2.45) is 5.92 Å². The van der Waals surface area contributed by atoms with Crippen molar-refractivity contribution in [2.45, 2.75) is 45.2 Å². The number of rotatable bonds is 3. The molecule has 0 aromatic heterocycles. The van der Waals surface area contributed by atoms with Crippen molar-refractivity contribution in [1.82, 2.24) is 5.32 Å². The molecule has 82 valence electrons. The number of hydrogen-bond donors (Lipinski definition) is 1. The van der Waals surface area contributed by atoms with Crippen molar-refractivity contribution in [1.29, 1.82) is 0 Å². The second-order valence-corrected chi connectivity index (χ2v) is 4.84. The van der Waals surface area contributed by atoms with Crippen LogP contribution >= 0.6 is 0 Å². The summed E-state index contributed by atoms with van der Waals surface area (Å²) in [7, 11) is 0. The van der Waals surface area contributed by atoms with Gasteiger partial charge in [0.2, 0.25) is 0 Å². The SMILES string of the molecule is C[C@H]1CCC[C@H](NCc2ccccc2)C1. The summed E-state index contributed by atoms with van der Waals surface area (Å²) >= 11 is 0. The lowest BCUT2D eigenvalue weighted by atomic mass is 9.87. The molecule has 1 N–H and O–H groups in total. The normalized spacial score (nSPS) is 26.5. The molecule has 1 aromatic carbocycles. The van der Waals surface area contributed by atoms with Crippen LogP contribution in [0.15, 0.2) is 30.3 Å². The summed E-state index contributed by atoms with van der Waals surface area (Å²) in [6.07, 6.45) is 5.53. The molecule has 1 aliphatic carbocycles. The summed E-state index contributed by atoms with van der Waals surface area (Å²) in [6, 6.07) is 11.4. The van der Waals surface area contributed by atoms with Crippen LogP contribution in [0.25, 0.3) is 0 Å². The Morgan fingerprint density at radius 2 is 2.00 bits per heavy atom. The minimum Gasteiger partial charge on any atom is -0.310 e. The maximum Gasteiger partial charge on any atom is 0.0208 e. The van der Waals surface area contributed by atoms with E-state index in [1.807, 2.05) is 0 Å². The molecule has 1 saturated carbocycles. The largest absolute Gasteiger partial charge is 0.310 e. The van der Waals surface area contributed by atoms with Crippen molar-refractivity contribution in [3.63, 3.8) is 0 Å². The van der Waals surface area contributed by atoms with Crippen molar-refractivity contribution in [2.75, 3.05) is 0 Å². The fraction of sp³-hybridized carbons (Fsp3) is 0.571. The molecule has 2 atom stereocenters. The van der Waals surface area contributed by atoms with Gasteiger partial charge in [-0.2, -0.15) is 0 Å². The molecule has 2 rings (SSSR count). The Bertz CT molecular complexity index is 281. The molecular formula is C14H21N. The highest BCUT2D eigenvalue weighted by atomic mass is 14.9. The van der Waals surface area contributed by atoms with Crippen LogP contribution in [0.4, 0.5) is 0 Å². The van der Waals surface area contributed by atoms with Crippen LogP contribution < -0.4 is 5.32 Å². The molecule has 0 aliphatic heterocycles. The monoisotopic (exact) mass is 203 g/mol. The van der Waals surface area contributed by atoms with Gasteiger partial charge in [0.05, 0.1) is 0 Å².